The number of rotatable bonds is 7. The standard InChI is InChI=1S/C14H26N4O3/c1-3-9(4-2)21-11-6-8(14(19)20)5-10(16)13(11)18-12(17)7-15/h6,9-11,13H,3-5,7,15-16H2,1-2H3,(H2,17,18)(H,19,20). The Morgan fingerprint density at radius 1 is 1.52 bits per heavy atom. The summed E-state index contributed by atoms with van der Waals surface area (Å²) in [6.07, 6.45) is 3.05. The second-order valence-corrected chi connectivity index (χ2v) is 5.22. The highest BCUT2D eigenvalue weighted by atomic mass is 16.5. The molecule has 0 saturated carbocycles. The van der Waals surface area contributed by atoms with Crippen molar-refractivity contribution < 1.29 is 14.6 Å². The van der Waals surface area contributed by atoms with Crippen LogP contribution in [0, 0.1) is 0 Å². The highest BCUT2D eigenvalue weighted by Gasteiger charge is 2.34. The summed E-state index contributed by atoms with van der Waals surface area (Å²) in [6, 6.07) is -0.859. The maximum atomic E-state index is 11.2. The number of carbonyl (C=O) groups is 1. The van der Waals surface area contributed by atoms with Crippen LogP contribution in [-0.4, -0.2) is 47.7 Å². The number of carboxylic acid groups (broad SMARTS) is 1. The molecule has 1 aliphatic carbocycles. The Bertz CT molecular complexity index is 418. The van der Waals surface area contributed by atoms with Gasteiger partial charge in [0.05, 0.1) is 18.7 Å². The number of nitrogens with two attached hydrogens (primary N) is 3. The van der Waals surface area contributed by atoms with Gasteiger partial charge in [-0.25, -0.2) is 4.79 Å². The van der Waals surface area contributed by atoms with Crippen LogP contribution in [0.15, 0.2) is 16.6 Å². The van der Waals surface area contributed by atoms with Crippen LogP contribution in [0.1, 0.15) is 33.1 Å². The first kappa shape index (κ1) is 17.6. The average Bonchev–Trinajstić information content (AvgIpc) is 2.46. The van der Waals surface area contributed by atoms with Gasteiger partial charge in [0.15, 0.2) is 0 Å². The maximum Gasteiger partial charge on any atom is 0.331 e. The molecule has 1 rings (SSSR count). The fourth-order valence-corrected chi connectivity index (χ4v) is 2.38. The molecule has 7 N–H and O–H groups in total. The number of amidine groups is 1. The third-order valence-corrected chi connectivity index (χ3v) is 3.66. The van der Waals surface area contributed by atoms with Crippen LogP contribution in [0.4, 0.5) is 0 Å². The summed E-state index contributed by atoms with van der Waals surface area (Å²) >= 11 is 0. The number of hydrogen-bond donors (Lipinski definition) is 4. The molecule has 0 saturated heterocycles. The molecule has 0 radical (unpaired) electrons. The van der Waals surface area contributed by atoms with Crippen LogP contribution in [0.25, 0.3) is 0 Å². The van der Waals surface area contributed by atoms with E-state index in [1.807, 2.05) is 13.8 Å². The number of hydrogen-bond acceptors (Lipinski definition) is 5. The summed E-state index contributed by atoms with van der Waals surface area (Å²) in [5, 5.41) is 9.18. The summed E-state index contributed by atoms with van der Waals surface area (Å²) in [6.45, 7) is 4.17. The minimum Gasteiger partial charge on any atom is -0.478 e. The highest BCUT2D eigenvalue weighted by molar-refractivity contribution is 5.87. The quantitative estimate of drug-likeness (QED) is 0.385. The molecule has 0 bridgehead atoms. The fourth-order valence-electron chi connectivity index (χ4n) is 2.38. The van der Waals surface area contributed by atoms with Crippen molar-refractivity contribution in [3.63, 3.8) is 0 Å². The molecule has 0 spiro atoms. The summed E-state index contributed by atoms with van der Waals surface area (Å²) in [4.78, 5) is 15.5. The van der Waals surface area contributed by atoms with Gasteiger partial charge in [0, 0.05) is 11.6 Å². The van der Waals surface area contributed by atoms with Crippen LogP contribution < -0.4 is 17.2 Å². The van der Waals surface area contributed by atoms with Gasteiger partial charge in [-0.3, -0.25) is 4.99 Å². The normalized spacial score (nSPS) is 26.8. The SMILES string of the molecule is CCC(CC)OC1C=C(C(=O)O)CC(N)C1N=C(N)CN. The third-order valence-electron chi connectivity index (χ3n) is 3.66. The summed E-state index contributed by atoms with van der Waals surface area (Å²) in [7, 11) is 0. The minimum atomic E-state index is -0.974. The van der Waals surface area contributed by atoms with E-state index in [1.165, 1.54) is 0 Å². The first-order valence-corrected chi connectivity index (χ1v) is 7.30. The van der Waals surface area contributed by atoms with Gasteiger partial charge < -0.3 is 27.0 Å². The lowest BCUT2D eigenvalue weighted by Crippen LogP contribution is -2.48. The zero-order valence-corrected chi connectivity index (χ0v) is 12.7. The van der Waals surface area contributed by atoms with Crippen LogP contribution >= 0.6 is 0 Å². The molecular weight excluding hydrogens is 272 g/mol. The maximum absolute atomic E-state index is 11.2. The molecule has 0 amide bonds. The van der Waals surface area contributed by atoms with Gasteiger partial charge in [-0.1, -0.05) is 13.8 Å². The number of carboxylic acids is 1. The molecule has 21 heavy (non-hydrogen) atoms. The predicted octanol–water partition coefficient (Wildman–Crippen LogP) is -0.0133. The topological polar surface area (TPSA) is 137 Å². The monoisotopic (exact) mass is 298 g/mol. The second-order valence-electron chi connectivity index (χ2n) is 5.22. The van der Waals surface area contributed by atoms with Gasteiger partial charge in [-0.2, -0.15) is 0 Å². The Kier molecular flexibility index (Phi) is 6.80. The van der Waals surface area contributed by atoms with Crippen molar-refractivity contribution in [3.05, 3.63) is 11.6 Å². The van der Waals surface area contributed by atoms with Crippen LogP contribution in [-0.2, 0) is 9.53 Å². The van der Waals surface area contributed by atoms with E-state index in [1.54, 1.807) is 6.08 Å². The van der Waals surface area contributed by atoms with Crippen LogP contribution in [0.3, 0.4) is 0 Å². The number of aliphatic carboxylic acids is 1. The third kappa shape index (κ3) is 4.80. The van der Waals surface area contributed by atoms with E-state index in [-0.39, 0.29) is 24.6 Å². The average molecular weight is 298 g/mol. The Balaban J connectivity index is 3.05. The van der Waals surface area contributed by atoms with Crippen molar-refractivity contribution in [3.8, 4) is 0 Å². The van der Waals surface area contributed by atoms with Gasteiger partial charge in [0.2, 0.25) is 0 Å². The molecule has 7 heteroatoms. The first-order valence-electron chi connectivity index (χ1n) is 7.30. The van der Waals surface area contributed by atoms with Crippen LogP contribution in [0.2, 0.25) is 0 Å². The van der Waals surface area contributed by atoms with Gasteiger partial charge in [0.1, 0.15) is 11.9 Å². The van der Waals surface area contributed by atoms with E-state index in [0.29, 0.717) is 5.84 Å². The summed E-state index contributed by atoms with van der Waals surface area (Å²) in [5.74, 6) is -0.682. The molecule has 0 heterocycles. The van der Waals surface area contributed by atoms with Crippen molar-refractivity contribution >= 4 is 11.8 Å². The Labute approximate surface area is 125 Å². The molecule has 0 fully saturated rings. The van der Waals surface area contributed by atoms with Crippen molar-refractivity contribution in [2.45, 2.75) is 57.4 Å². The van der Waals surface area contributed by atoms with Crippen molar-refractivity contribution in [1.82, 2.24) is 0 Å². The molecule has 1 aliphatic rings. The van der Waals surface area contributed by atoms with E-state index in [9.17, 15) is 9.90 Å². The van der Waals surface area contributed by atoms with Crippen LogP contribution in [0.5, 0.6) is 0 Å². The smallest absolute Gasteiger partial charge is 0.331 e. The highest BCUT2D eigenvalue weighted by Crippen LogP contribution is 2.25. The van der Waals surface area contributed by atoms with E-state index >= 15 is 0 Å². The van der Waals surface area contributed by atoms with E-state index in [2.05, 4.69) is 4.99 Å². The first-order chi connectivity index (χ1) is 9.92. The molecule has 3 atom stereocenters. The second kappa shape index (κ2) is 8.11. The lowest BCUT2D eigenvalue weighted by molar-refractivity contribution is -0.133. The van der Waals surface area contributed by atoms with Gasteiger partial charge in [-0.15, -0.1) is 0 Å². The Morgan fingerprint density at radius 2 is 2.14 bits per heavy atom. The number of nitrogens with zero attached hydrogens (tertiary/aromatic N) is 1. The minimum absolute atomic E-state index is 0.0309. The number of aliphatic imine (C=N–C) groups is 1. The molecule has 0 aromatic carbocycles. The zero-order chi connectivity index (χ0) is 16.0. The fraction of sp³-hybridized carbons (Fsp3) is 0.714. The molecular formula is C14H26N4O3. The lowest BCUT2D eigenvalue weighted by atomic mass is 9.88. The summed E-state index contributed by atoms with van der Waals surface area (Å²) in [5.41, 5.74) is 17.5. The lowest BCUT2D eigenvalue weighted by Gasteiger charge is -2.34. The Hall–Kier alpha value is -1.44. The molecule has 7 nitrogen and oxygen atoms in total. The van der Waals surface area contributed by atoms with Crippen molar-refractivity contribution in [2.75, 3.05) is 6.54 Å². The molecule has 120 valence electrons. The predicted molar refractivity (Wildman–Crippen MR) is 82.0 cm³/mol. The largest absolute Gasteiger partial charge is 0.478 e. The summed E-state index contributed by atoms with van der Waals surface area (Å²) < 4.78 is 5.98. The number of ether oxygens (including phenoxy) is 1. The molecule has 3 unspecified atom stereocenters. The zero-order valence-electron chi connectivity index (χ0n) is 12.7. The molecule has 0 aromatic rings. The van der Waals surface area contributed by atoms with Crippen molar-refractivity contribution in [1.29, 1.82) is 0 Å². The van der Waals surface area contributed by atoms with Crippen molar-refractivity contribution in [2.24, 2.45) is 22.2 Å². The van der Waals surface area contributed by atoms with E-state index in [4.69, 9.17) is 21.9 Å². The molecule has 0 aromatic heterocycles. The van der Waals surface area contributed by atoms with Gasteiger partial charge >= 0.3 is 5.97 Å². The van der Waals surface area contributed by atoms with E-state index in [0.717, 1.165) is 12.8 Å². The van der Waals surface area contributed by atoms with Gasteiger partial charge in [0.25, 0.3) is 0 Å². The molecule has 0 aliphatic heterocycles. The van der Waals surface area contributed by atoms with E-state index < -0.39 is 24.2 Å². The Morgan fingerprint density at radius 3 is 2.62 bits per heavy atom. The van der Waals surface area contributed by atoms with Gasteiger partial charge in [-0.05, 0) is 25.3 Å².